The number of methoxy groups -OCH3 is 1. The van der Waals surface area contributed by atoms with Gasteiger partial charge in [-0.25, -0.2) is 22.0 Å². The fraction of sp³-hybridized carbons (Fsp3) is 0.312. The van der Waals surface area contributed by atoms with Crippen molar-refractivity contribution in [3.05, 3.63) is 82.9 Å². The summed E-state index contributed by atoms with van der Waals surface area (Å²) < 4.78 is 61.2. The van der Waals surface area contributed by atoms with Crippen LogP contribution in [-0.4, -0.2) is 80.6 Å². The van der Waals surface area contributed by atoms with Gasteiger partial charge in [-0.3, -0.25) is 14.4 Å². The van der Waals surface area contributed by atoms with Crippen LogP contribution in [0.2, 0.25) is 0 Å². The number of halogens is 2. The molecule has 1 aliphatic heterocycles. The normalized spacial score (nSPS) is 16.6. The van der Waals surface area contributed by atoms with Gasteiger partial charge in [0.05, 0.1) is 35.4 Å². The molecule has 4 rings (SSSR count). The van der Waals surface area contributed by atoms with Crippen molar-refractivity contribution in [2.75, 3.05) is 44.1 Å². The SMILES string of the molecule is CCS(=O)(=O)c1ccc(NC(=O)N(C)C)cc1[C@H]1[C@@H](C(=O)O)CCN1C(=O)C(Nc1cc(C(N)=O)ccc1F)c1ccc(F)c(OC)c1. The number of likely N-dealkylation sites (tertiary alicyclic amines) is 1. The summed E-state index contributed by atoms with van der Waals surface area (Å²) in [6.07, 6.45) is -0.0867. The van der Waals surface area contributed by atoms with Crippen molar-refractivity contribution in [1.29, 1.82) is 0 Å². The minimum absolute atomic E-state index is 0.0519. The molecule has 13 nitrogen and oxygen atoms in total. The Kier molecular flexibility index (Phi) is 10.6. The van der Waals surface area contributed by atoms with Crippen molar-refractivity contribution in [1.82, 2.24) is 9.80 Å². The van der Waals surface area contributed by atoms with Gasteiger partial charge in [0.15, 0.2) is 21.4 Å². The number of primary amides is 1. The second kappa shape index (κ2) is 14.3. The first-order chi connectivity index (χ1) is 22.6. The lowest BCUT2D eigenvalue weighted by Gasteiger charge is -2.33. The van der Waals surface area contributed by atoms with Crippen molar-refractivity contribution in [2.45, 2.75) is 30.3 Å². The fourth-order valence-electron chi connectivity index (χ4n) is 5.47. The van der Waals surface area contributed by atoms with E-state index in [1.54, 1.807) is 0 Å². The van der Waals surface area contributed by atoms with Crippen LogP contribution >= 0.6 is 0 Å². The topological polar surface area (TPSA) is 188 Å². The molecular weight excluding hydrogens is 652 g/mol. The molecule has 0 radical (unpaired) electrons. The summed E-state index contributed by atoms with van der Waals surface area (Å²) in [6, 6.07) is 7.11. The lowest BCUT2D eigenvalue weighted by atomic mass is 9.92. The molecular formula is C32H35F2N5O8S. The Morgan fingerprint density at radius 3 is 2.35 bits per heavy atom. The standard InChI is InChI=1S/C32H35F2N5O8S/c1-5-48(45,46)26-11-8-19(36-32(44)38(2)3)16-21(26)28-20(31(42)43)12-13-39(28)30(41)27(17-6-10-23(34)25(15-17)47-4)37-24-14-18(29(35)40)7-9-22(24)33/h6-11,14-16,20,27-28,37H,5,12-13H2,1-4H3,(H2,35,40)(H,36,44)(H,42,43)/t20-,27?,28+/m0/s1. The van der Waals surface area contributed by atoms with Crippen LogP contribution in [0.25, 0.3) is 0 Å². The maximum Gasteiger partial charge on any atom is 0.321 e. The average molecular weight is 688 g/mol. The van der Waals surface area contributed by atoms with E-state index in [0.717, 1.165) is 29.2 Å². The van der Waals surface area contributed by atoms with E-state index in [9.17, 15) is 37.1 Å². The first-order valence-corrected chi connectivity index (χ1v) is 16.3. The number of aliphatic carboxylic acids is 1. The van der Waals surface area contributed by atoms with Crippen LogP contribution in [-0.2, 0) is 19.4 Å². The summed E-state index contributed by atoms with van der Waals surface area (Å²) in [5.41, 5.74) is 5.14. The molecule has 0 aliphatic carbocycles. The highest BCUT2D eigenvalue weighted by Crippen LogP contribution is 2.43. The fourth-order valence-corrected chi connectivity index (χ4v) is 6.59. The van der Waals surface area contributed by atoms with Crippen molar-refractivity contribution in [2.24, 2.45) is 11.7 Å². The first-order valence-electron chi connectivity index (χ1n) is 14.7. The van der Waals surface area contributed by atoms with Crippen LogP contribution < -0.4 is 21.1 Å². The zero-order valence-corrected chi connectivity index (χ0v) is 27.3. The summed E-state index contributed by atoms with van der Waals surface area (Å²) in [5.74, 6) is -6.54. The van der Waals surface area contributed by atoms with Gasteiger partial charge in [-0.05, 0) is 66.1 Å². The number of hydrogen-bond donors (Lipinski definition) is 4. The number of carbonyl (C=O) groups excluding carboxylic acids is 3. The number of anilines is 2. The lowest BCUT2D eigenvalue weighted by molar-refractivity contribution is -0.143. The number of carbonyl (C=O) groups is 4. The summed E-state index contributed by atoms with van der Waals surface area (Å²) in [5, 5.41) is 15.6. The van der Waals surface area contributed by atoms with E-state index in [4.69, 9.17) is 10.5 Å². The highest BCUT2D eigenvalue weighted by molar-refractivity contribution is 7.91. The van der Waals surface area contributed by atoms with E-state index in [1.165, 1.54) is 63.4 Å². The molecule has 0 aromatic heterocycles. The number of hydrogen-bond acceptors (Lipinski definition) is 8. The number of carboxylic acids is 1. The van der Waals surface area contributed by atoms with Crippen LogP contribution in [0.1, 0.15) is 46.9 Å². The number of nitrogens with one attached hydrogen (secondary N) is 2. The smallest absolute Gasteiger partial charge is 0.321 e. The van der Waals surface area contributed by atoms with Gasteiger partial charge < -0.3 is 36.0 Å². The molecule has 0 saturated carbocycles. The predicted molar refractivity (Wildman–Crippen MR) is 171 cm³/mol. The number of ether oxygens (including phenoxy) is 1. The van der Waals surface area contributed by atoms with Crippen molar-refractivity contribution >= 4 is 45.0 Å². The van der Waals surface area contributed by atoms with E-state index in [2.05, 4.69) is 10.6 Å². The highest BCUT2D eigenvalue weighted by Gasteiger charge is 2.46. The Bertz CT molecular complexity index is 1870. The Labute approximate surface area is 275 Å². The van der Waals surface area contributed by atoms with Crippen LogP contribution in [0, 0.1) is 17.6 Å². The van der Waals surface area contributed by atoms with Crippen molar-refractivity contribution in [3.8, 4) is 5.75 Å². The number of amides is 4. The van der Waals surface area contributed by atoms with Crippen LogP contribution in [0.4, 0.5) is 25.0 Å². The lowest BCUT2D eigenvalue weighted by Crippen LogP contribution is -2.40. The Morgan fingerprint density at radius 2 is 1.75 bits per heavy atom. The molecule has 1 heterocycles. The van der Waals surface area contributed by atoms with Gasteiger partial charge in [0.1, 0.15) is 11.9 Å². The maximum absolute atomic E-state index is 15.1. The third-order valence-electron chi connectivity index (χ3n) is 8.01. The predicted octanol–water partition coefficient (Wildman–Crippen LogP) is 3.79. The molecule has 0 spiro atoms. The monoisotopic (exact) mass is 687 g/mol. The molecule has 0 bridgehead atoms. The summed E-state index contributed by atoms with van der Waals surface area (Å²) in [4.78, 5) is 53.7. The molecule has 1 unspecified atom stereocenters. The van der Waals surface area contributed by atoms with E-state index in [1.807, 2.05) is 0 Å². The molecule has 3 aromatic carbocycles. The number of benzene rings is 3. The number of nitrogens with zero attached hydrogens (tertiary/aromatic N) is 2. The van der Waals surface area contributed by atoms with Crippen LogP contribution in [0.5, 0.6) is 5.75 Å². The molecule has 1 fully saturated rings. The minimum atomic E-state index is -4.00. The molecule has 4 amide bonds. The molecule has 3 aromatic rings. The summed E-state index contributed by atoms with van der Waals surface area (Å²) >= 11 is 0. The van der Waals surface area contributed by atoms with Crippen LogP contribution in [0.15, 0.2) is 59.5 Å². The minimum Gasteiger partial charge on any atom is -0.494 e. The zero-order valence-electron chi connectivity index (χ0n) is 26.5. The van der Waals surface area contributed by atoms with Gasteiger partial charge in [-0.15, -0.1) is 0 Å². The largest absolute Gasteiger partial charge is 0.494 e. The first kappa shape index (κ1) is 35.6. The number of urea groups is 1. The van der Waals surface area contributed by atoms with E-state index in [-0.39, 0.29) is 57.4 Å². The molecule has 48 heavy (non-hydrogen) atoms. The summed E-state index contributed by atoms with van der Waals surface area (Å²) in [6.45, 7) is 1.24. The maximum atomic E-state index is 15.1. The molecule has 256 valence electrons. The highest BCUT2D eigenvalue weighted by atomic mass is 32.2. The van der Waals surface area contributed by atoms with Gasteiger partial charge in [-0.2, -0.15) is 0 Å². The average Bonchev–Trinajstić information content (AvgIpc) is 3.50. The molecule has 1 aliphatic rings. The van der Waals surface area contributed by atoms with Crippen molar-refractivity contribution in [3.63, 3.8) is 0 Å². The number of rotatable bonds is 11. The molecule has 16 heteroatoms. The second-order valence-corrected chi connectivity index (χ2v) is 13.5. The third-order valence-corrected chi connectivity index (χ3v) is 9.81. The quantitative estimate of drug-likeness (QED) is 0.233. The Balaban J connectivity index is 1.92. The third kappa shape index (κ3) is 7.33. The summed E-state index contributed by atoms with van der Waals surface area (Å²) in [7, 11) is 0.181. The van der Waals surface area contributed by atoms with Gasteiger partial charge in [0.25, 0.3) is 0 Å². The van der Waals surface area contributed by atoms with Crippen molar-refractivity contribution < 1.29 is 46.2 Å². The second-order valence-electron chi connectivity index (χ2n) is 11.2. The van der Waals surface area contributed by atoms with E-state index in [0.29, 0.717) is 0 Å². The molecule has 5 N–H and O–H groups in total. The van der Waals surface area contributed by atoms with Gasteiger partial charge in [0, 0.05) is 31.9 Å². The molecule has 3 atom stereocenters. The van der Waals surface area contributed by atoms with Gasteiger partial charge >= 0.3 is 12.0 Å². The number of carboxylic acid groups (broad SMARTS) is 1. The van der Waals surface area contributed by atoms with Gasteiger partial charge in [-0.1, -0.05) is 13.0 Å². The zero-order chi connectivity index (χ0) is 35.5. The Morgan fingerprint density at radius 1 is 1.06 bits per heavy atom. The van der Waals surface area contributed by atoms with E-state index < -0.39 is 63.3 Å². The van der Waals surface area contributed by atoms with Gasteiger partial charge in [0.2, 0.25) is 11.8 Å². The van der Waals surface area contributed by atoms with Crippen LogP contribution in [0.3, 0.4) is 0 Å². The number of nitrogens with two attached hydrogens (primary N) is 1. The number of sulfone groups is 1. The molecule has 1 saturated heterocycles. The van der Waals surface area contributed by atoms with E-state index >= 15 is 4.39 Å². The Hall–Kier alpha value is -5.25.